The van der Waals surface area contributed by atoms with E-state index in [1.807, 2.05) is 62.4 Å². The van der Waals surface area contributed by atoms with Crippen LogP contribution in [0.4, 0.5) is 0 Å². The maximum Gasteiger partial charge on any atom is 0.255 e. The lowest BCUT2D eigenvalue weighted by Gasteiger charge is -2.20. The molecule has 0 saturated heterocycles. The first-order chi connectivity index (χ1) is 14.5. The van der Waals surface area contributed by atoms with Gasteiger partial charge in [0.25, 0.3) is 5.91 Å². The van der Waals surface area contributed by atoms with E-state index in [0.29, 0.717) is 22.9 Å². The standard InChI is InChI=1S/C25H26ClNO3/c1-4-22(19-10-12-23(29-3)17(2)14-19)27-25(28)21-15-20(26)11-13-24(21)30-16-18-8-6-5-7-9-18/h5-15,22H,4,16H2,1-3H3,(H,27,28)/t22-/m0/s1. The molecule has 0 spiro atoms. The topological polar surface area (TPSA) is 47.6 Å². The van der Waals surface area contributed by atoms with Gasteiger partial charge in [0.05, 0.1) is 18.7 Å². The molecule has 156 valence electrons. The van der Waals surface area contributed by atoms with Crippen molar-refractivity contribution in [2.75, 3.05) is 7.11 Å². The highest BCUT2D eigenvalue weighted by atomic mass is 35.5. The first-order valence-electron chi connectivity index (χ1n) is 9.93. The number of carbonyl (C=O) groups excluding carboxylic acids is 1. The van der Waals surface area contributed by atoms with Crippen molar-refractivity contribution in [3.05, 3.63) is 94.0 Å². The van der Waals surface area contributed by atoms with Gasteiger partial charge in [0, 0.05) is 5.02 Å². The molecule has 1 atom stereocenters. The van der Waals surface area contributed by atoms with E-state index in [1.165, 1.54) is 0 Å². The van der Waals surface area contributed by atoms with Crippen LogP contribution in [0.15, 0.2) is 66.7 Å². The second kappa shape index (κ2) is 10.2. The Hall–Kier alpha value is -2.98. The van der Waals surface area contributed by atoms with Gasteiger partial charge in [0.1, 0.15) is 18.1 Å². The molecule has 0 heterocycles. The predicted octanol–water partition coefficient (Wildman–Crippen LogP) is 6.12. The second-order valence-electron chi connectivity index (χ2n) is 7.08. The normalized spacial score (nSPS) is 11.6. The third kappa shape index (κ3) is 5.33. The Kier molecular flexibility index (Phi) is 7.36. The van der Waals surface area contributed by atoms with Gasteiger partial charge < -0.3 is 14.8 Å². The minimum atomic E-state index is -0.221. The molecule has 0 radical (unpaired) electrons. The summed E-state index contributed by atoms with van der Waals surface area (Å²) in [4.78, 5) is 13.1. The minimum Gasteiger partial charge on any atom is -0.496 e. The van der Waals surface area contributed by atoms with E-state index in [1.54, 1.807) is 25.3 Å². The van der Waals surface area contributed by atoms with Gasteiger partial charge in [0.15, 0.2) is 0 Å². The van der Waals surface area contributed by atoms with Gasteiger partial charge in [0.2, 0.25) is 0 Å². The Morgan fingerprint density at radius 1 is 1.03 bits per heavy atom. The van der Waals surface area contributed by atoms with Crippen LogP contribution in [0.25, 0.3) is 0 Å². The van der Waals surface area contributed by atoms with Crippen molar-refractivity contribution in [2.45, 2.75) is 32.9 Å². The van der Waals surface area contributed by atoms with Crippen molar-refractivity contribution in [2.24, 2.45) is 0 Å². The van der Waals surface area contributed by atoms with Crippen LogP contribution < -0.4 is 14.8 Å². The molecule has 0 unspecified atom stereocenters. The first kappa shape index (κ1) is 21.7. The average Bonchev–Trinajstić information content (AvgIpc) is 2.77. The Bertz CT molecular complexity index is 1000. The quantitative estimate of drug-likeness (QED) is 0.475. The van der Waals surface area contributed by atoms with Crippen LogP contribution in [0.3, 0.4) is 0 Å². The summed E-state index contributed by atoms with van der Waals surface area (Å²) in [5, 5.41) is 3.60. The third-order valence-electron chi connectivity index (χ3n) is 4.96. The number of methoxy groups -OCH3 is 1. The zero-order valence-corrected chi connectivity index (χ0v) is 18.2. The number of halogens is 1. The molecule has 5 heteroatoms. The van der Waals surface area contributed by atoms with Gasteiger partial charge in [-0.1, -0.05) is 61.0 Å². The Balaban J connectivity index is 1.79. The maximum atomic E-state index is 13.1. The SMILES string of the molecule is CC[C@H](NC(=O)c1cc(Cl)ccc1OCc1ccccc1)c1ccc(OC)c(C)c1. The lowest BCUT2D eigenvalue weighted by Crippen LogP contribution is -2.28. The Morgan fingerprint density at radius 2 is 1.77 bits per heavy atom. The van der Waals surface area contributed by atoms with Gasteiger partial charge in [-0.15, -0.1) is 0 Å². The summed E-state index contributed by atoms with van der Waals surface area (Å²) in [6, 6.07) is 20.7. The van der Waals surface area contributed by atoms with E-state index in [0.717, 1.165) is 28.9 Å². The van der Waals surface area contributed by atoms with Gasteiger partial charge in [-0.05, 0) is 54.3 Å². The predicted molar refractivity (Wildman–Crippen MR) is 120 cm³/mol. The summed E-state index contributed by atoms with van der Waals surface area (Å²) in [5.41, 5.74) is 3.50. The number of hydrogen-bond donors (Lipinski definition) is 1. The van der Waals surface area contributed by atoms with E-state index >= 15 is 0 Å². The summed E-state index contributed by atoms with van der Waals surface area (Å²) >= 11 is 6.17. The second-order valence-corrected chi connectivity index (χ2v) is 7.51. The summed E-state index contributed by atoms with van der Waals surface area (Å²) in [7, 11) is 1.65. The van der Waals surface area contributed by atoms with Gasteiger partial charge in [-0.25, -0.2) is 0 Å². The van der Waals surface area contributed by atoms with Gasteiger partial charge >= 0.3 is 0 Å². The fraction of sp³-hybridized carbons (Fsp3) is 0.240. The molecule has 0 saturated carbocycles. The van der Waals surface area contributed by atoms with Crippen LogP contribution in [0.1, 0.15) is 46.4 Å². The van der Waals surface area contributed by atoms with Crippen LogP contribution in [0, 0.1) is 6.92 Å². The average molecular weight is 424 g/mol. The zero-order valence-electron chi connectivity index (χ0n) is 17.4. The number of amides is 1. The molecule has 0 aliphatic carbocycles. The number of hydrogen-bond acceptors (Lipinski definition) is 3. The third-order valence-corrected chi connectivity index (χ3v) is 5.19. The highest BCUT2D eigenvalue weighted by molar-refractivity contribution is 6.31. The van der Waals surface area contributed by atoms with Gasteiger partial charge in [-0.3, -0.25) is 4.79 Å². The molecule has 0 bridgehead atoms. The number of carbonyl (C=O) groups is 1. The molecule has 3 aromatic rings. The van der Waals surface area contributed by atoms with E-state index in [4.69, 9.17) is 21.1 Å². The summed E-state index contributed by atoms with van der Waals surface area (Å²) in [5.74, 6) is 1.11. The molecule has 3 aromatic carbocycles. The number of rotatable bonds is 8. The molecule has 0 aromatic heterocycles. The van der Waals surface area contributed by atoms with Crippen molar-refractivity contribution >= 4 is 17.5 Å². The highest BCUT2D eigenvalue weighted by Crippen LogP contribution is 2.27. The van der Waals surface area contributed by atoms with Crippen LogP contribution in [-0.4, -0.2) is 13.0 Å². The number of nitrogens with one attached hydrogen (secondary N) is 1. The van der Waals surface area contributed by atoms with Crippen molar-refractivity contribution in [1.82, 2.24) is 5.32 Å². The smallest absolute Gasteiger partial charge is 0.255 e. The molecule has 0 fully saturated rings. The van der Waals surface area contributed by atoms with E-state index in [2.05, 4.69) is 5.32 Å². The van der Waals surface area contributed by atoms with E-state index in [-0.39, 0.29) is 11.9 Å². The zero-order chi connectivity index (χ0) is 21.5. The number of ether oxygens (including phenoxy) is 2. The highest BCUT2D eigenvalue weighted by Gasteiger charge is 2.19. The van der Waals surface area contributed by atoms with Crippen molar-refractivity contribution < 1.29 is 14.3 Å². The molecule has 4 nitrogen and oxygen atoms in total. The molecular weight excluding hydrogens is 398 g/mol. The number of aryl methyl sites for hydroxylation is 1. The fourth-order valence-corrected chi connectivity index (χ4v) is 3.49. The van der Waals surface area contributed by atoms with Gasteiger partial charge in [-0.2, -0.15) is 0 Å². The summed E-state index contributed by atoms with van der Waals surface area (Å²) in [6.07, 6.45) is 0.748. The Morgan fingerprint density at radius 3 is 2.43 bits per heavy atom. The van der Waals surface area contributed by atoms with Crippen LogP contribution in [0.2, 0.25) is 5.02 Å². The van der Waals surface area contributed by atoms with Crippen LogP contribution in [0.5, 0.6) is 11.5 Å². The molecule has 0 aliphatic rings. The monoisotopic (exact) mass is 423 g/mol. The van der Waals surface area contributed by atoms with E-state index in [9.17, 15) is 4.79 Å². The molecule has 1 amide bonds. The molecular formula is C25H26ClNO3. The molecule has 3 rings (SSSR count). The lowest BCUT2D eigenvalue weighted by molar-refractivity contribution is 0.0931. The van der Waals surface area contributed by atoms with Crippen molar-refractivity contribution in [3.8, 4) is 11.5 Å². The van der Waals surface area contributed by atoms with E-state index < -0.39 is 0 Å². The molecule has 0 aliphatic heterocycles. The lowest BCUT2D eigenvalue weighted by atomic mass is 10.0. The summed E-state index contributed by atoms with van der Waals surface area (Å²) in [6.45, 7) is 4.40. The fourth-order valence-electron chi connectivity index (χ4n) is 3.32. The minimum absolute atomic E-state index is 0.136. The molecule has 1 N–H and O–H groups in total. The summed E-state index contributed by atoms with van der Waals surface area (Å²) < 4.78 is 11.3. The Labute approximate surface area is 182 Å². The number of benzene rings is 3. The maximum absolute atomic E-state index is 13.1. The van der Waals surface area contributed by atoms with Crippen molar-refractivity contribution in [3.63, 3.8) is 0 Å². The van der Waals surface area contributed by atoms with Crippen LogP contribution >= 0.6 is 11.6 Å². The van der Waals surface area contributed by atoms with Crippen molar-refractivity contribution in [1.29, 1.82) is 0 Å². The largest absolute Gasteiger partial charge is 0.496 e. The molecule has 30 heavy (non-hydrogen) atoms. The first-order valence-corrected chi connectivity index (χ1v) is 10.3. The van der Waals surface area contributed by atoms with Crippen LogP contribution in [-0.2, 0) is 6.61 Å².